The molecular weight excluding hydrogens is 405 g/mol. The first-order valence-corrected chi connectivity index (χ1v) is 9.72. The molecule has 162 valence electrons. The predicted octanol–water partition coefficient (Wildman–Crippen LogP) is 2.33. The molecule has 3 aromatic rings. The lowest BCUT2D eigenvalue weighted by atomic mass is 10.1. The number of carboxylic acid groups (broad SMARTS) is 1. The van der Waals surface area contributed by atoms with Gasteiger partial charge in [-0.25, -0.2) is 9.18 Å². The van der Waals surface area contributed by atoms with Crippen LogP contribution in [0.5, 0.6) is 11.5 Å². The van der Waals surface area contributed by atoms with Crippen molar-refractivity contribution in [2.75, 3.05) is 25.1 Å². The second-order valence-electron chi connectivity index (χ2n) is 7.75. The van der Waals surface area contributed by atoms with Crippen LogP contribution >= 0.6 is 0 Å². The van der Waals surface area contributed by atoms with Crippen LogP contribution in [0.15, 0.2) is 41.3 Å². The first kappa shape index (κ1) is 20.7. The number of carbonyl (C=O) groups is 1. The molecule has 0 aliphatic carbocycles. The van der Waals surface area contributed by atoms with E-state index in [-0.39, 0.29) is 40.0 Å². The summed E-state index contributed by atoms with van der Waals surface area (Å²) in [4.78, 5) is 26.3. The number of halogens is 1. The first-order valence-electron chi connectivity index (χ1n) is 9.72. The highest BCUT2D eigenvalue weighted by Crippen LogP contribution is 2.40. The maximum atomic E-state index is 15.3. The number of pyridine rings is 1. The molecule has 9 heteroatoms. The summed E-state index contributed by atoms with van der Waals surface area (Å²) in [6, 6.07) is 6.87. The number of hydrogen-bond acceptors (Lipinski definition) is 6. The molecule has 1 saturated heterocycles. The van der Waals surface area contributed by atoms with E-state index in [0.717, 1.165) is 6.07 Å². The van der Waals surface area contributed by atoms with Crippen LogP contribution in [-0.4, -0.2) is 47.0 Å². The molecule has 1 aliphatic rings. The van der Waals surface area contributed by atoms with E-state index in [0.29, 0.717) is 18.8 Å². The van der Waals surface area contributed by atoms with Crippen molar-refractivity contribution in [1.29, 1.82) is 0 Å². The lowest BCUT2D eigenvalue weighted by Gasteiger charge is -2.24. The van der Waals surface area contributed by atoms with E-state index in [1.807, 2.05) is 6.92 Å². The largest absolute Gasteiger partial charge is 0.508 e. The smallest absolute Gasteiger partial charge is 0.341 e. The van der Waals surface area contributed by atoms with Crippen LogP contribution in [0.3, 0.4) is 0 Å². The van der Waals surface area contributed by atoms with Crippen molar-refractivity contribution >= 4 is 22.6 Å². The number of fused-ring (bicyclic) bond motifs is 1. The van der Waals surface area contributed by atoms with Crippen molar-refractivity contribution in [3.05, 3.63) is 58.1 Å². The van der Waals surface area contributed by atoms with Crippen molar-refractivity contribution in [2.45, 2.75) is 13.0 Å². The molecule has 0 radical (unpaired) electrons. The van der Waals surface area contributed by atoms with Gasteiger partial charge < -0.3 is 30.2 Å². The minimum absolute atomic E-state index is 0.0197. The molecule has 4 N–H and O–H groups in total. The molecule has 2 aromatic carbocycles. The summed E-state index contributed by atoms with van der Waals surface area (Å²) >= 11 is 0. The van der Waals surface area contributed by atoms with Crippen molar-refractivity contribution in [3.63, 3.8) is 0 Å². The molecule has 1 aliphatic heterocycles. The Morgan fingerprint density at radius 3 is 2.48 bits per heavy atom. The zero-order valence-corrected chi connectivity index (χ0v) is 17.0. The van der Waals surface area contributed by atoms with Gasteiger partial charge in [0.05, 0.1) is 12.5 Å². The fourth-order valence-corrected chi connectivity index (χ4v) is 4.05. The second kappa shape index (κ2) is 7.59. The number of aromatic hydroxyl groups is 1. The Balaban J connectivity index is 2.11. The average molecular weight is 427 g/mol. The third-order valence-electron chi connectivity index (χ3n) is 5.72. The first-order chi connectivity index (χ1) is 14.7. The molecule has 0 amide bonds. The number of ether oxygens (including phenoxy) is 1. The minimum Gasteiger partial charge on any atom is -0.508 e. The SMILES string of the molecule is COc1c(N2C[C@@H](N)[C@@H](C)C2)c(F)cc2c(=O)c(C(=O)O)cn(-c3ccc(O)cc3)c12. The van der Waals surface area contributed by atoms with Gasteiger partial charge in [0.15, 0.2) is 11.6 Å². The van der Waals surface area contributed by atoms with E-state index in [1.54, 1.807) is 17.0 Å². The van der Waals surface area contributed by atoms with E-state index in [2.05, 4.69) is 0 Å². The number of benzene rings is 2. The van der Waals surface area contributed by atoms with Gasteiger partial charge in [-0.2, -0.15) is 0 Å². The summed E-state index contributed by atoms with van der Waals surface area (Å²) in [6.45, 7) is 2.90. The van der Waals surface area contributed by atoms with Gasteiger partial charge in [-0.1, -0.05) is 6.92 Å². The van der Waals surface area contributed by atoms with Crippen molar-refractivity contribution in [3.8, 4) is 17.2 Å². The Kier molecular flexibility index (Phi) is 5.06. The summed E-state index contributed by atoms with van der Waals surface area (Å²) < 4.78 is 22.3. The molecule has 0 spiro atoms. The maximum Gasteiger partial charge on any atom is 0.341 e. The molecule has 31 heavy (non-hydrogen) atoms. The summed E-state index contributed by atoms with van der Waals surface area (Å²) in [7, 11) is 1.37. The maximum absolute atomic E-state index is 15.3. The van der Waals surface area contributed by atoms with Crippen LogP contribution in [-0.2, 0) is 0 Å². The normalized spacial score (nSPS) is 18.5. The van der Waals surface area contributed by atoms with E-state index in [9.17, 15) is 19.8 Å². The Hall–Kier alpha value is -3.59. The Morgan fingerprint density at radius 2 is 1.94 bits per heavy atom. The number of nitrogens with zero attached hydrogens (tertiary/aromatic N) is 2. The Labute approximate surface area is 176 Å². The number of methoxy groups -OCH3 is 1. The van der Waals surface area contributed by atoms with E-state index in [1.165, 1.54) is 30.0 Å². The molecular formula is C22H22FN3O5. The number of anilines is 1. The van der Waals surface area contributed by atoms with Gasteiger partial charge in [0.25, 0.3) is 0 Å². The van der Waals surface area contributed by atoms with E-state index < -0.39 is 22.8 Å². The third kappa shape index (κ3) is 3.36. The number of nitrogens with two attached hydrogens (primary N) is 1. The monoisotopic (exact) mass is 427 g/mol. The van der Waals surface area contributed by atoms with Crippen molar-refractivity contribution in [1.82, 2.24) is 4.57 Å². The molecule has 2 heterocycles. The highest BCUT2D eigenvalue weighted by atomic mass is 19.1. The summed E-state index contributed by atoms with van der Waals surface area (Å²) in [5.41, 5.74) is 5.67. The Morgan fingerprint density at radius 1 is 1.26 bits per heavy atom. The average Bonchev–Trinajstić information content (AvgIpc) is 3.06. The highest BCUT2D eigenvalue weighted by molar-refractivity contribution is 5.97. The summed E-state index contributed by atoms with van der Waals surface area (Å²) in [6.07, 6.45) is 1.18. The molecule has 0 saturated carbocycles. The predicted molar refractivity (Wildman–Crippen MR) is 114 cm³/mol. The van der Waals surface area contributed by atoms with Gasteiger partial charge in [-0.3, -0.25) is 4.79 Å². The molecule has 1 aromatic heterocycles. The van der Waals surface area contributed by atoms with Gasteiger partial charge in [-0.15, -0.1) is 0 Å². The van der Waals surface area contributed by atoms with Crippen molar-refractivity contribution in [2.24, 2.45) is 11.7 Å². The van der Waals surface area contributed by atoms with Gasteiger partial charge >= 0.3 is 5.97 Å². The van der Waals surface area contributed by atoms with Crippen molar-refractivity contribution < 1.29 is 24.1 Å². The van der Waals surface area contributed by atoms with Crippen LogP contribution in [0.2, 0.25) is 0 Å². The lowest BCUT2D eigenvalue weighted by molar-refractivity contribution is 0.0695. The number of aromatic nitrogens is 1. The lowest BCUT2D eigenvalue weighted by Crippen LogP contribution is -2.29. The van der Waals surface area contributed by atoms with E-state index in [4.69, 9.17) is 10.5 Å². The number of hydrogen-bond donors (Lipinski definition) is 3. The van der Waals surface area contributed by atoms with Crippen LogP contribution in [0.1, 0.15) is 17.3 Å². The quantitative estimate of drug-likeness (QED) is 0.585. The van der Waals surface area contributed by atoms with Gasteiger partial charge in [0, 0.05) is 31.0 Å². The zero-order valence-electron chi connectivity index (χ0n) is 17.0. The van der Waals surface area contributed by atoms with Crippen LogP contribution in [0.4, 0.5) is 10.1 Å². The van der Waals surface area contributed by atoms with E-state index >= 15 is 4.39 Å². The zero-order chi connectivity index (χ0) is 22.4. The topological polar surface area (TPSA) is 118 Å². The Bertz CT molecular complexity index is 1230. The minimum atomic E-state index is -1.43. The molecule has 0 unspecified atom stereocenters. The van der Waals surface area contributed by atoms with Crippen LogP contribution in [0.25, 0.3) is 16.6 Å². The number of aromatic carboxylic acids is 1. The molecule has 0 bridgehead atoms. The number of phenols is 1. The molecule has 4 rings (SSSR count). The van der Waals surface area contributed by atoms with Gasteiger partial charge in [-0.05, 0) is 36.2 Å². The highest BCUT2D eigenvalue weighted by Gasteiger charge is 2.32. The fourth-order valence-electron chi connectivity index (χ4n) is 4.05. The molecule has 1 fully saturated rings. The fraction of sp³-hybridized carbons (Fsp3) is 0.273. The third-order valence-corrected chi connectivity index (χ3v) is 5.72. The number of carboxylic acids is 1. The molecule has 2 atom stereocenters. The standard InChI is InChI=1S/C22H22FN3O5/c1-11-8-25(10-17(11)24)19-16(23)7-14-18(21(19)31-2)26(9-15(20(14)28)22(29)30)12-3-5-13(27)6-4-12/h3-7,9,11,17,27H,8,10,24H2,1-2H3,(H,29,30)/t11-,17+/m0/s1. The van der Waals surface area contributed by atoms with Crippen LogP contribution < -0.4 is 20.8 Å². The van der Waals surface area contributed by atoms with Gasteiger partial charge in [0.1, 0.15) is 22.5 Å². The summed E-state index contributed by atoms with van der Waals surface area (Å²) in [5.74, 6) is -1.86. The summed E-state index contributed by atoms with van der Waals surface area (Å²) in [5, 5.41) is 19.0. The number of rotatable bonds is 4. The molecule has 8 nitrogen and oxygen atoms in total. The van der Waals surface area contributed by atoms with Crippen LogP contribution in [0, 0.1) is 11.7 Å². The second-order valence-corrected chi connectivity index (χ2v) is 7.75. The number of phenolic OH excluding ortho intramolecular Hbond substituents is 1. The van der Waals surface area contributed by atoms with Gasteiger partial charge in [0.2, 0.25) is 5.43 Å².